The van der Waals surface area contributed by atoms with Gasteiger partial charge in [-0.25, -0.2) is 14.8 Å². The van der Waals surface area contributed by atoms with E-state index in [0.717, 1.165) is 11.2 Å². The van der Waals surface area contributed by atoms with Gasteiger partial charge in [-0.2, -0.15) is 13.2 Å². The van der Waals surface area contributed by atoms with Crippen LogP contribution in [0.4, 0.5) is 23.8 Å². The Hall–Kier alpha value is -2.55. The number of nitrogens with zero attached hydrogens (tertiary/aromatic N) is 3. The molecule has 0 spiro atoms. The van der Waals surface area contributed by atoms with Gasteiger partial charge in [-0.1, -0.05) is 23.7 Å². The van der Waals surface area contributed by atoms with Crippen LogP contribution >= 0.6 is 11.6 Å². The van der Waals surface area contributed by atoms with Gasteiger partial charge in [0, 0.05) is 0 Å². The number of halogens is 4. The van der Waals surface area contributed by atoms with E-state index < -0.39 is 29.1 Å². The molecule has 1 atom stereocenters. The van der Waals surface area contributed by atoms with Gasteiger partial charge in [-0.05, 0) is 17.7 Å². The number of hydrogen-bond donors (Lipinski definition) is 0. The van der Waals surface area contributed by atoms with Crippen molar-refractivity contribution in [1.82, 2.24) is 9.97 Å². The first-order valence-corrected chi connectivity index (χ1v) is 7.37. The van der Waals surface area contributed by atoms with E-state index in [9.17, 15) is 18.0 Å². The fourth-order valence-corrected chi connectivity index (χ4v) is 2.63. The van der Waals surface area contributed by atoms with Crippen molar-refractivity contribution in [3.63, 3.8) is 0 Å². The largest absolute Gasteiger partial charge is 0.497 e. The third-order valence-electron chi connectivity index (χ3n) is 3.57. The molecule has 25 heavy (non-hydrogen) atoms. The van der Waals surface area contributed by atoms with E-state index in [2.05, 4.69) is 14.7 Å². The number of aromatic nitrogens is 2. The lowest BCUT2D eigenvalue weighted by atomic mass is 10.1. The summed E-state index contributed by atoms with van der Waals surface area (Å²) < 4.78 is 49.2. The van der Waals surface area contributed by atoms with E-state index in [0.29, 0.717) is 11.3 Å². The zero-order chi connectivity index (χ0) is 18.2. The maximum Gasteiger partial charge on any atom is 0.430 e. The summed E-state index contributed by atoms with van der Waals surface area (Å²) in [4.78, 5) is 20.5. The van der Waals surface area contributed by atoms with Crippen molar-refractivity contribution in [2.24, 2.45) is 0 Å². The van der Waals surface area contributed by atoms with E-state index in [1.165, 1.54) is 7.11 Å². The van der Waals surface area contributed by atoms with Crippen LogP contribution in [0.1, 0.15) is 17.2 Å². The number of anilines is 1. The Morgan fingerprint density at radius 2 is 1.96 bits per heavy atom. The SMILES string of the molecule is COc1ccc(CN2C(=O)O[C@@H](C(F)(F)F)c3c(Cl)ncnc32)cc1. The molecule has 3 rings (SSSR count). The molecule has 1 aliphatic rings. The molecule has 132 valence electrons. The van der Waals surface area contributed by atoms with Crippen molar-refractivity contribution in [3.8, 4) is 5.75 Å². The topological polar surface area (TPSA) is 64.5 Å². The molecule has 0 N–H and O–H groups in total. The highest BCUT2D eigenvalue weighted by Crippen LogP contribution is 2.45. The summed E-state index contributed by atoms with van der Waals surface area (Å²) in [5.74, 6) is 0.377. The minimum absolute atomic E-state index is 0.0479. The van der Waals surface area contributed by atoms with Crippen LogP contribution in [0, 0.1) is 0 Å². The van der Waals surface area contributed by atoms with Crippen LogP contribution < -0.4 is 9.64 Å². The summed E-state index contributed by atoms with van der Waals surface area (Å²) >= 11 is 5.81. The van der Waals surface area contributed by atoms with Gasteiger partial charge in [0.2, 0.25) is 6.10 Å². The predicted octanol–water partition coefficient (Wildman–Crippen LogP) is 3.90. The molecule has 0 radical (unpaired) electrons. The summed E-state index contributed by atoms with van der Waals surface area (Å²) in [6, 6.07) is 6.67. The number of carbonyl (C=O) groups is 1. The first-order chi connectivity index (χ1) is 11.8. The standard InChI is InChI=1S/C15H11ClF3N3O3/c1-24-9-4-2-8(3-5-9)6-22-13-10(12(16)20-7-21-13)11(15(17,18)19)25-14(22)23/h2-5,7,11H,6H2,1H3/t11-/m1/s1. The van der Waals surface area contributed by atoms with Crippen molar-refractivity contribution in [2.45, 2.75) is 18.8 Å². The molecule has 1 aromatic heterocycles. The molecule has 0 aliphatic carbocycles. The van der Waals surface area contributed by atoms with E-state index >= 15 is 0 Å². The van der Waals surface area contributed by atoms with Gasteiger partial charge >= 0.3 is 12.3 Å². The molecule has 0 saturated heterocycles. The van der Waals surface area contributed by atoms with Crippen molar-refractivity contribution >= 4 is 23.5 Å². The molecule has 1 aliphatic heterocycles. The number of carbonyl (C=O) groups excluding carboxylic acids is 1. The summed E-state index contributed by atoms with van der Waals surface area (Å²) in [6.45, 7) is -0.0479. The van der Waals surface area contributed by atoms with Crippen molar-refractivity contribution in [1.29, 1.82) is 0 Å². The number of amides is 1. The number of methoxy groups -OCH3 is 1. The summed E-state index contributed by atoms with van der Waals surface area (Å²) in [5.41, 5.74) is 0.161. The monoisotopic (exact) mass is 373 g/mol. The average Bonchev–Trinajstić information content (AvgIpc) is 2.57. The first-order valence-electron chi connectivity index (χ1n) is 6.99. The minimum atomic E-state index is -4.83. The average molecular weight is 374 g/mol. The van der Waals surface area contributed by atoms with E-state index in [-0.39, 0.29) is 12.4 Å². The van der Waals surface area contributed by atoms with Gasteiger partial charge in [0.15, 0.2) is 5.82 Å². The molecule has 2 heterocycles. The molecule has 1 amide bonds. The second-order valence-electron chi connectivity index (χ2n) is 5.14. The van der Waals surface area contributed by atoms with E-state index in [1.807, 2.05) is 0 Å². The van der Waals surface area contributed by atoms with Gasteiger partial charge in [0.05, 0.1) is 19.2 Å². The van der Waals surface area contributed by atoms with Gasteiger partial charge in [-0.15, -0.1) is 0 Å². The normalized spacial score (nSPS) is 17.1. The van der Waals surface area contributed by atoms with Gasteiger partial charge in [0.25, 0.3) is 0 Å². The van der Waals surface area contributed by atoms with Gasteiger partial charge in [-0.3, -0.25) is 4.90 Å². The van der Waals surface area contributed by atoms with Crippen LogP contribution in [0.25, 0.3) is 0 Å². The van der Waals surface area contributed by atoms with Crippen LogP contribution in [0.15, 0.2) is 30.6 Å². The Morgan fingerprint density at radius 3 is 2.56 bits per heavy atom. The highest BCUT2D eigenvalue weighted by Gasteiger charge is 2.51. The Labute approximate surface area is 145 Å². The number of fused-ring (bicyclic) bond motifs is 1. The third kappa shape index (κ3) is 3.32. The summed E-state index contributed by atoms with van der Waals surface area (Å²) in [7, 11) is 1.50. The molecule has 0 unspecified atom stereocenters. The second-order valence-corrected chi connectivity index (χ2v) is 5.50. The molecular formula is C15H11ClF3N3O3. The molecule has 6 nitrogen and oxygen atoms in total. The predicted molar refractivity (Wildman–Crippen MR) is 81.5 cm³/mol. The number of alkyl halides is 3. The van der Waals surface area contributed by atoms with Crippen LogP contribution in [-0.4, -0.2) is 29.3 Å². The van der Waals surface area contributed by atoms with Gasteiger partial charge < -0.3 is 9.47 Å². The number of benzene rings is 1. The second kappa shape index (κ2) is 6.40. The van der Waals surface area contributed by atoms with E-state index in [1.54, 1.807) is 24.3 Å². The summed E-state index contributed by atoms with van der Waals surface area (Å²) in [5, 5.41) is -0.417. The maximum absolute atomic E-state index is 13.2. The lowest BCUT2D eigenvalue weighted by Crippen LogP contribution is -2.42. The minimum Gasteiger partial charge on any atom is -0.497 e. The third-order valence-corrected chi connectivity index (χ3v) is 3.87. The van der Waals surface area contributed by atoms with Crippen LogP contribution in [0.3, 0.4) is 0 Å². The Bertz CT molecular complexity index is 799. The van der Waals surface area contributed by atoms with Crippen molar-refractivity contribution < 1.29 is 27.4 Å². The van der Waals surface area contributed by atoms with Crippen LogP contribution in [-0.2, 0) is 11.3 Å². The lowest BCUT2D eigenvalue weighted by Gasteiger charge is -2.33. The number of rotatable bonds is 3. The Kier molecular flexibility index (Phi) is 4.42. The molecule has 10 heteroatoms. The molecule has 2 aromatic rings. The molecule has 0 fully saturated rings. The first kappa shape index (κ1) is 17.3. The molecule has 0 bridgehead atoms. The number of ether oxygens (including phenoxy) is 2. The van der Waals surface area contributed by atoms with Gasteiger partial charge in [0.1, 0.15) is 17.2 Å². The molecular weight excluding hydrogens is 363 g/mol. The number of hydrogen-bond acceptors (Lipinski definition) is 5. The lowest BCUT2D eigenvalue weighted by molar-refractivity contribution is -0.207. The highest BCUT2D eigenvalue weighted by atomic mass is 35.5. The summed E-state index contributed by atoms with van der Waals surface area (Å²) in [6.07, 6.45) is -7.50. The van der Waals surface area contributed by atoms with Crippen LogP contribution in [0.5, 0.6) is 5.75 Å². The Balaban J connectivity index is 2.00. The highest BCUT2D eigenvalue weighted by molar-refractivity contribution is 6.30. The smallest absolute Gasteiger partial charge is 0.430 e. The van der Waals surface area contributed by atoms with Crippen LogP contribution in [0.2, 0.25) is 5.15 Å². The quantitative estimate of drug-likeness (QED) is 0.763. The Morgan fingerprint density at radius 1 is 1.28 bits per heavy atom. The fourth-order valence-electron chi connectivity index (χ4n) is 2.40. The molecule has 0 saturated carbocycles. The number of cyclic esters (lactones) is 1. The van der Waals surface area contributed by atoms with Crippen molar-refractivity contribution in [2.75, 3.05) is 12.0 Å². The fraction of sp³-hybridized carbons (Fsp3) is 0.267. The zero-order valence-corrected chi connectivity index (χ0v) is 13.5. The zero-order valence-electron chi connectivity index (χ0n) is 12.7. The molecule has 1 aromatic carbocycles. The van der Waals surface area contributed by atoms with Crippen molar-refractivity contribution in [3.05, 3.63) is 46.9 Å². The maximum atomic E-state index is 13.2. The van der Waals surface area contributed by atoms with E-state index in [4.69, 9.17) is 16.3 Å².